The average molecular weight is 392 g/mol. The largest absolute Gasteiger partial charge is 0.355 e. The third kappa shape index (κ3) is 5.02. The summed E-state index contributed by atoms with van der Waals surface area (Å²) < 4.78 is 0. The lowest BCUT2D eigenvalue weighted by Gasteiger charge is -2.40. The minimum atomic E-state index is -0.0492. The zero-order valence-electron chi connectivity index (χ0n) is 16.1. The van der Waals surface area contributed by atoms with Gasteiger partial charge in [0.1, 0.15) is 0 Å². The average Bonchev–Trinajstić information content (AvgIpc) is 3.21. The number of amides is 2. The van der Waals surface area contributed by atoms with Gasteiger partial charge in [-0.05, 0) is 49.4 Å². The van der Waals surface area contributed by atoms with Crippen LogP contribution in [0.2, 0.25) is 5.02 Å². The Balaban J connectivity index is 1.61. The number of nitrogens with one attached hydrogen (secondary N) is 1. The van der Waals surface area contributed by atoms with Crippen LogP contribution >= 0.6 is 11.6 Å². The second kappa shape index (κ2) is 9.56. The standard InChI is InChI=1S/C21H30ClN3O2/c1-2-11-23-20(26)19(16-5-3-4-6-16)24-12-14-25(15-13-24)21(27)17-7-9-18(22)10-8-17/h7-10,16,19H,2-6,11-15H2,1H3,(H,23,26). The van der Waals surface area contributed by atoms with Crippen molar-refractivity contribution in [2.45, 2.75) is 45.1 Å². The monoisotopic (exact) mass is 391 g/mol. The van der Waals surface area contributed by atoms with E-state index in [0.717, 1.165) is 38.9 Å². The summed E-state index contributed by atoms with van der Waals surface area (Å²) in [5.74, 6) is 0.653. The van der Waals surface area contributed by atoms with Crippen LogP contribution < -0.4 is 5.32 Å². The summed E-state index contributed by atoms with van der Waals surface area (Å²) in [5, 5.41) is 3.73. The number of nitrogens with zero attached hydrogens (tertiary/aromatic N) is 2. The first kappa shape index (κ1) is 20.2. The molecule has 2 aliphatic rings. The lowest BCUT2D eigenvalue weighted by molar-refractivity contribution is -0.129. The zero-order chi connectivity index (χ0) is 19.2. The fourth-order valence-corrected chi connectivity index (χ4v) is 4.41. The van der Waals surface area contributed by atoms with E-state index in [4.69, 9.17) is 11.6 Å². The Morgan fingerprint density at radius 1 is 1.11 bits per heavy atom. The Morgan fingerprint density at radius 3 is 2.33 bits per heavy atom. The van der Waals surface area contributed by atoms with Crippen LogP contribution in [0.3, 0.4) is 0 Å². The predicted octanol–water partition coefficient (Wildman–Crippen LogP) is 3.18. The molecule has 1 N–H and O–H groups in total. The maximum atomic E-state index is 12.8. The van der Waals surface area contributed by atoms with Crippen molar-refractivity contribution >= 4 is 23.4 Å². The first-order valence-corrected chi connectivity index (χ1v) is 10.5. The first-order valence-electron chi connectivity index (χ1n) is 10.2. The Bertz CT molecular complexity index is 635. The van der Waals surface area contributed by atoms with Crippen LogP contribution in [0.4, 0.5) is 0 Å². The van der Waals surface area contributed by atoms with Crippen LogP contribution in [0.15, 0.2) is 24.3 Å². The Morgan fingerprint density at radius 2 is 1.74 bits per heavy atom. The van der Waals surface area contributed by atoms with Crippen LogP contribution in [-0.4, -0.2) is 60.4 Å². The molecule has 1 saturated heterocycles. The lowest BCUT2D eigenvalue weighted by Crippen LogP contribution is -2.58. The molecule has 2 amide bonds. The van der Waals surface area contributed by atoms with Gasteiger partial charge in [-0.2, -0.15) is 0 Å². The van der Waals surface area contributed by atoms with Gasteiger partial charge in [0.05, 0.1) is 6.04 Å². The van der Waals surface area contributed by atoms with Gasteiger partial charge in [-0.3, -0.25) is 14.5 Å². The summed E-state index contributed by atoms with van der Waals surface area (Å²) in [6, 6.07) is 7.00. The van der Waals surface area contributed by atoms with Crippen LogP contribution in [0.1, 0.15) is 49.4 Å². The van der Waals surface area contributed by atoms with Crippen molar-refractivity contribution in [3.05, 3.63) is 34.9 Å². The van der Waals surface area contributed by atoms with Gasteiger partial charge in [-0.15, -0.1) is 0 Å². The molecular formula is C21H30ClN3O2. The number of benzene rings is 1. The van der Waals surface area contributed by atoms with Crippen LogP contribution in [0.5, 0.6) is 0 Å². The molecule has 1 saturated carbocycles. The topological polar surface area (TPSA) is 52.7 Å². The second-order valence-corrected chi connectivity index (χ2v) is 8.05. The molecule has 6 heteroatoms. The summed E-state index contributed by atoms with van der Waals surface area (Å²) >= 11 is 5.91. The van der Waals surface area contributed by atoms with E-state index in [1.165, 1.54) is 12.8 Å². The summed E-state index contributed by atoms with van der Waals surface area (Å²) in [6.45, 7) is 5.63. The molecule has 1 aromatic carbocycles. The predicted molar refractivity (Wildman–Crippen MR) is 108 cm³/mol. The highest BCUT2D eigenvalue weighted by Gasteiger charge is 2.37. The fraction of sp³-hybridized carbons (Fsp3) is 0.619. The highest BCUT2D eigenvalue weighted by Crippen LogP contribution is 2.31. The van der Waals surface area contributed by atoms with Crippen molar-refractivity contribution in [1.82, 2.24) is 15.1 Å². The van der Waals surface area contributed by atoms with Gasteiger partial charge in [0.25, 0.3) is 5.91 Å². The maximum absolute atomic E-state index is 12.8. The van der Waals surface area contributed by atoms with E-state index >= 15 is 0 Å². The summed E-state index contributed by atoms with van der Waals surface area (Å²) in [6.07, 6.45) is 5.66. The van der Waals surface area contributed by atoms with E-state index in [1.807, 2.05) is 4.90 Å². The molecule has 0 aromatic heterocycles. The molecule has 0 bridgehead atoms. The smallest absolute Gasteiger partial charge is 0.253 e. The van der Waals surface area contributed by atoms with E-state index in [-0.39, 0.29) is 17.9 Å². The minimum Gasteiger partial charge on any atom is -0.355 e. The number of halogens is 1. The van der Waals surface area contributed by atoms with E-state index in [0.29, 0.717) is 29.6 Å². The third-order valence-electron chi connectivity index (χ3n) is 5.75. The van der Waals surface area contributed by atoms with Gasteiger partial charge < -0.3 is 10.2 Å². The summed E-state index contributed by atoms with van der Waals surface area (Å²) in [4.78, 5) is 29.7. The quantitative estimate of drug-likeness (QED) is 0.810. The number of carbonyl (C=O) groups is 2. The minimum absolute atomic E-state index is 0.0409. The van der Waals surface area contributed by atoms with Crippen molar-refractivity contribution in [2.24, 2.45) is 5.92 Å². The van der Waals surface area contributed by atoms with Crippen LogP contribution in [0, 0.1) is 5.92 Å². The van der Waals surface area contributed by atoms with Gasteiger partial charge >= 0.3 is 0 Å². The van der Waals surface area contributed by atoms with Crippen molar-refractivity contribution in [2.75, 3.05) is 32.7 Å². The second-order valence-electron chi connectivity index (χ2n) is 7.62. The molecule has 3 rings (SSSR count). The number of carbonyl (C=O) groups excluding carboxylic acids is 2. The van der Waals surface area contributed by atoms with Crippen LogP contribution in [0.25, 0.3) is 0 Å². The van der Waals surface area contributed by atoms with Crippen molar-refractivity contribution < 1.29 is 9.59 Å². The summed E-state index contributed by atoms with van der Waals surface area (Å²) in [7, 11) is 0. The molecule has 0 spiro atoms. The van der Waals surface area contributed by atoms with Crippen molar-refractivity contribution in [1.29, 1.82) is 0 Å². The van der Waals surface area contributed by atoms with Gasteiger partial charge in [-0.1, -0.05) is 31.4 Å². The number of hydrogen-bond donors (Lipinski definition) is 1. The molecule has 1 aromatic rings. The highest BCUT2D eigenvalue weighted by molar-refractivity contribution is 6.30. The number of piperazine rings is 1. The molecule has 1 atom stereocenters. The molecule has 5 nitrogen and oxygen atoms in total. The van der Waals surface area contributed by atoms with E-state index in [9.17, 15) is 9.59 Å². The normalized spacial score (nSPS) is 19.9. The van der Waals surface area contributed by atoms with E-state index in [2.05, 4.69) is 17.1 Å². The SMILES string of the molecule is CCCNC(=O)C(C1CCCC1)N1CCN(C(=O)c2ccc(Cl)cc2)CC1. The van der Waals surface area contributed by atoms with Crippen molar-refractivity contribution in [3.63, 3.8) is 0 Å². The van der Waals surface area contributed by atoms with Crippen LogP contribution in [-0.2, 0) is 4.79 Å². The van der Waals surface area contributed by atoms with E-state index in [1.54, 1.807) is 24.3 Å². The highest BCUT2D eigenvalue weighted by atomic mass is 35.5. The van der Waals surface area contributed by atoms with Gasteiger partial charge in [0.15, 0.2) is 0 Å². The van der Waals surface area contributed by atoms with Gasteiger partial charge in [0.2, 0.25) is 5.91 Å². The molecule has 148 valence electrons. The maximum Gasteiger partial charge on any atom is 0.253 e. The molecule has 1 heterocycles. The Hall–Kier alpha value is -1.59. The van der Waals surface area contributed by atoms with E-state index < -0.39 is 0 Å². The number of hydrogen-bond acceptors (Lipinski definition) is 3. The molecule has 1 unspecified atom stereocenters. The fourth-order valence-electron chi connectivity index (χ4n) is 4.28. The van der Waals surface area contributed by atoms with Gasteiger partial charge in [0, 0.05) is 43.3 Å². The molecule has 0 radical (unpaired) electrons. The zero-order valence-corrected chi connectivity index (χ0v) is 16.9. The molecule has 2 fully saturated rings. The molecule has 1 aliphatic carbocycles. The molecule has 1 aliphatic heterocycles. The Kier molecular flexibility index (Phi) is 7.13. The number of rotatable bonds is 6. The third-order valence-corrected chi connectivity index (χ3v) is 6.00. The molecule has 27 heavy (non-hydrogen) atoms. The summed E-state index contributed by atoms with van der Waals surface area (Å²) in [5.41, 5.74) is 0.667. The Labute approximate surface area is 167 Å². The molecular weight excluding hydrogens is 362 g/mol. The lowest BCUT2D eigenvalue weighted by atomic mass is 9.95. The first-order chi connectivity index (χ1) is 13.1. The van der Waals surface area contributed by atoms with Gasteiger partial charge in [-0.25, -0.2) is 0 Å². The van der Waals surface area contributed by atoms with Crippen molar-refractivity contribution in [3.8, 4) is 0 Å².